The van der Waals surface area contributed by atoms with Gasteiger partial charge in [0.25, 0.3) is 7.82 Å². The number of unbranched alkanes of at least 4 members (excludes halogenated alkanes) is 10. The van der Waals surface area contributed by atoms with E-state index < -0.39 is 20.0 Å². The van der Waals surface area contributed by atoms with Gasteiger partial charge in [0.2, 0.25) is 5.91 Å². The van der Waals surface area contributed by atoms with Crippen LogP contribution in [0.1, 0.15) is 104 Å². The molecular formula is C29H57N2O6P. The van der Waals surface area contributed by atoms with Gasteiger partial charge in [-0.2, -0.15) is 0 Å². The van der Waals surface area contributed by atoms with E-state index in [2.05, 4.69) is 31.3 Å². The molecule has 0 spiro atoms. The van der Waals surface area contributed by atoms with Crippen LogP contribution in [-0.2, 0) is 18.4 Å². The Morgan fingerprint density at radius 3 is 2.16 bits per heavy atom. The second kappa shape index (κ2) is 22.8. The van der Waals surface area contributed by atoms with Crippen LogP contribution >= 0.6 is 7.82 Å². The fraction of sp³-hybridized carbons (Fsp3) is 0.828. The highest BCUT2D eigenvalue weighted by Gasteiger charge is 2.23. The third kappa shape index (κ3) is 24.1. The van der Waals surface area contributed by atoms with Crippen LogP contribution < -0.4 is 10.2 Å². The minimum atomic E-state index is -4.56. The molecule has 0 heterocycles. The van der Waals surface area contributed by atoms with E-state index in [1.807, 2.05) is 27.2 Å². The first-order valence-electron chi connectivity index (χ1n) is 14.7. The van der Waals surface area contributed by atoms with Crippen LogP contribution in [0.15, 0.2) is 24.3 Å². The van der Waals surface area contributed by atoms with E-state index >= 15 is 0 Å². The van der Waals surface area contributed by atoms with E-state index in [9.17, 15) is 19.4 Å². The summed E-state index contributed by atoms with van der Waals surface area (Å²) in [5.41, 5.74) is 0. The molecule has 8 nitrogen and oxygen atoms in total. The lowest BCUT2D eigenvalue weighted by Crippen LogP contribution is -2.45. The number of aliphatic hydroxyl groups is 1. The third-order valence-corrected chi connectivity index (χ3v) is 7.10. The predicted octanol–water partition coefficient (Wildman–Crippen LogP) is 5.65. The molecule has 0 radical (unpaired) electrons. The summed E-state index contributed by atoms with van der Waals surface area (Å²) in [4.78, 5) is 24.8. The normalized spacial score (nSPS) is 15.7. The van der Waals surface area contributed by atoms with Crippen molar-refractivity contribution in [3.05, 3.63) is 24.3 Å². The number of amides is 1. The SMILES string of the molecule is CCC/C=C\CCCCCCCC(=O)NC(COP(=O)([O-])OCC[N+](C)(C)C)C(O)/C=C/CCCCCC. The van der Waals surface area contributed by atoms with Crippen LogP contribution in [0.2, 0.25) is 0 Å². The highest BCUT2D eigenvalue weighted by atomic mass is 31.2. The number of hydrogen-bond donors (Lipinski definition) is 2. The predicted molar refractivity (Wildman–Crippen MR) is 155 cm³/mol. The smallest absolute Gasteiger partial charge is 0.268 e. The van der Waals surface area contributed by atoms with Crippen LogP contribution in [0, 0.1) is 0 Å². The standard InChI is InChI=1S/C29H57N2O6P/c1-6-8-10-12-14-15-16-17-19-21-23-29(33)30-27(28(32)22-20-18-13-11-9-7-2)26-37-38(34,35)36-25-24-31(3,4)5/h10,12,20,22,27-28,32H,6-9,11,13-19,21,23-26H2,1-5H3,(H-,30,33,34,35)/b12-10-,22-20+. The summed E-state index contributed by atoms with van der Waals surface area (Å²) in [5.74, 6) is -0.219. The Bertz CT molecular complexity index is 693. The van der Waals surface area contributed by atoms with Crippen molar-refractivity contribution in [3.8, 4) is 0 Å². The Balaban J connectivity index is 4.66. The van der Waals surface area contributed by atoms with E-state index in [0.29, 0.717) is 17.4 Å². The van der Waals surface area contributed by atoms with Crippen LogP contribution in [-0.4, -0.2) is 68.5 Å². The van der Waals surface area contributed by atoms with Gasteiger partial charge in [-0.05, 0) is 38.5 Å². The van der Waals surface area contributed by atoms with Crippen molar-refractivity contribution >= 4 is 13.7 Å². The zero-order valence-corrected chi connectivity index (χ0v) is 25.8. The van der Waals surface area contributed by atoms with Gasteiger partial charge in [0.1, 0.15) is 13.2 Å². The van der Waals surface area contributed by atoms with Crippen LogP contribution in [0.4, 0.5) is 0 Å². The lowest BCUT2D eigenvalue weighted by molar-refractivity contribution is -0.870. The van der Waals surface area contributed by atoms with E-state index in [1.54, 1.807) is 6.08 Å². The summed E-state index contributed by atoms with van der Waals surface area (Å²) in [6.45, 7) is 4.43. The monoisotopic (exact) mass is 560 g/mol. The highest BCUT2D eigenvalue weighted by molar-refractivity contribution is 7.45. The lowest BCUT2D eigenvalue weighted by atomic mass is 10.1. The summed E-state index contributed by atoms with van der Waals surface area (Å²) >= 11 is 0. The molecule has 0 saturated heterocycles. The van der Waals surface area contributed by atoms with Gasteiger partial charge in [-0.1, -0.05) is 83.1 Å². The Labute approximate surface area is 233 Å². The number of carbonyl (C=O) groups is 1. The highest BCUT2D eigenvalue weighted by Crippen LogP contribution is 2.38. The number of allylic oxidation sites excluding steroid dienone is 3. The summed E-state index contributed by atoms with van der Waals surface area (Å²) in [7, 11) is 1.24. The number of nitrogens with one attached hydrogen (secondary N) is 1. The number of likely N-dealkylation sites (N-methyl/N-ethyl adjacent to an activating group) is 1. The largest absolute Gasteiger partial charge is 0.756 e. The van der Waals surface area contributed by atoms with Gasteiger partial charge < -0.3 is 28.8 Å². The van der Waals surface area contributed by atoms with E-state index in [4.69, 9.17) is 9.05 Å². The number of phosphoric ester groups is 1. The average molecular weight is 561 g/mol. The molecule has 0 rings (SSSR count). The second-order valence-electron chi connectivity index (χ2n) is 11.1. The topological polar surface area (TPSA) is 108 Å². The van der Waals surface area contributed by atoms with Crippen molar-refractivity contribution in [3.63, 3.8) is 0 Å². The molecule has 0 aromatic carbocycles. The van der Waals surface area contributed by atoms with Gasteiger partial charge in [0, 0.05) is 6.42 Å². The van der Waals surface area contributed by atoms with Crippen LogP contribution in [0.25, 0.3) is 0 Å². The molecule has 3 unspecified atom stereocenters. The van der Waals surface area contributed by atoms with E-state index in [0.717, 1.165) is 70.6 Å². The number of carbonyl (C=O) groups excluding carboxylic acids is 1. The number of quaternary nitrogens is 1. The van der Waals surface area contributed by atoms with Crippen molar-refractivity contribution < 1.29 is 32.9 Å². The van der Waals surface area contributed by atoms with Gasteiger partial charge >= 0.3 is 0 Å². The first-order chi connectivity index (χ1) is 18.0. The van der Waals surface area contributed by atoms with Crippen molar-refractivity contribution in [2.45, 2.75) is 116 Å². The van der Waals surface area contributed by atoms with Crippen LogP contribution in [0.3, 0.4) is 0 Å². The number of hydrogen-bond acceptors (Lipinski definition) is 6. The number of rotatable bonds is 25. The number of phosphoric acid groups is 1. The minimum Gasteiger partial charge on any atom is -0.756 e. The maximum Gasteiger partial charge on any atom is 0.268 e. The van der Waals surface area contributed by atoms with Gasteiger partial charge in [-0.3, -0.25) is 9.36 Å². The van der Waals surface area contributed by atoms with Gasteiger partial charge in [-0.15, -0.1) is 0 Å². The third-order valence-electron chi connectivity index (χ3n) is 6.14. The summed E-state index contributed by atoms with van der Waals surface area (Å²) < 4.78 is 22.8. The molecule has 1 amide bonds. The summed E-state index contributed by atoms with van der Waals surface area (Å²) in [6, 6.07) is -0.881. The van der Waals surface area contributed by atoms with Crippen LogP contribution in [0.5, 0.6) is 0 Å². The average Bonchev–Trinajstić information content (AvgIpc) is 2.84. The molecule has 0 aromatic rings. The van der Waals surface area contributed by atoms with Crippen molar-refractivity contribution in [1.29, 1.82) is 0 Å². The first-order valence-corrected chi connectivity index (χ1v) is 16.2. The zero-order valence-electron chi connectivity index (χ0n) is 24.9. The zero-order chi connectivity index (χ0) is 28.7. The van der Waals surface area contributed by atoms with E-state index in [1.165, 1.54) is 12.8 Å². The molecule has 0 aromatic heterocycles. The molecule has 0 bridgehead atoms. The lowest BCUT2D eigenvalue weighted by Gasteiger charge is -2.29. The number of nitrogens with zero attached hydrogens (tertiary/aromatic N) is 1. The van der Waals surface area contributed by atoms with Gasteiger partial charge in [0.05, 0.1) is 39.9 Å². The molecule has 2 N–H and O–H groups in total. The van der Waals surface area contributed by atoms with Gasteiger partial charge in [-0.25, -0.2) is 0 Å². The second-order valence-corrected chi connectivity index (χ2v) is 12.5. The van der Waals surface area contributed by atoms with E-state index in [-0.39, 0.29) is 19.1 Å². The molecular weight excluding hydrogens is 503 g/mol. The maximum absolute atomic E-state index is 12.6. The molecule has 0 fully saturated rings. The summed E-state index contributed by atoms with van der Waals surface area (Å²) in [5, 5.41) is 13.4. The van der Waals surface area contributed by atoms with Crippen molar-refractivity contribution in [1.82, 2.24) is 5.32 Å². The molecule has 224 valence electrons. The molecule has 0 aliphatic heterocycles. The molecule has 3 atom stereocenters. The molecule has 0 aliphatic carbocycles. The molecule has 38 heavy (non-hydrogen) atoms. The van der Waals surface area contributed by atoms with Crippen molar-refractivity contribution in [2.24, 2.45) is 0 Å². The van der Waals surface area contributed by atoms with Gasteiger partial charge in [0.15, 0.2) is 0 Å². The summed E-state index contributed by atoms with van der Waals surface area (Å²) in [6.07, 6.45) is 21.1. The quantitative estimate of drug-likeness (QED) is 0.0646. The fourth-order valence-electron chi connectivity index (χ4n) is 3.68. The Morgan fingerprint density at radius 2 is 1.50 bits per heavy atom. The molecule has 0 saturated carbocycles. The Kier molecular flexibility index (Phi) is 22.1. The Hall–Kier alpha value is -1.02. The Morgan fingerprint density at radius 1 is 0.895 bits per heavy atom. The number of aliphatic hydroxyl groups excluding tert-OH is 1. The fourth-order valence-corrected chi connectivity index (χ4v) is 4.40. The molecule has 0 aliphatic rings. The van der Waals surface area contributed by atoms with Crippen molar-refractivity contribution in [2.75, 3.05) is 40.9 Å². The maximum atomic E-state index is 12.6. The first kappa shape index (κ1) is 37.0. The minimum absolute atomic E-state index is 0.00343. The molecule has 9 heteroatoms.